The number of aliphatic hydroxyl groups excluding tert-OH is 1. The van der Waals surface area contributed by atoms with Gasteiger partial charge in [0.15, 0.2) is 11.5 Å². The number of aryl methyl sites for hydroxylation is 1. The van der Waals surface area contributed by atoms with Crippen molar-refractivity contribution in [2.45, 2.75) is 38.1 Å². The van der Waals surface area contributed by atoms with E-state index in [4.69, 9.17) is 11.6 Å². The van der Waals surface area contributed by atoms with Gasteiger partial charge in [-0.3, -0.25) is 9.69 Å². The lowest BCUT2D eigenvalue weighted by Crippen LogP contribution is -2.24. The summed E-state index contributed by atoms with van der Waals surface area (Å²) in [6.07, 6.45) is -1.28. The number of amides is 1. The molecule has 39 heavy (non-hydrogen) atoms. The van der Waals surface area contributed by atoms with E-state index in [2.05, 4.69) is 15.0 Å². The number of carbonyl (C=O) groups excluding carboxylic acids is 1. The highest BCUT2D eigenvalue weighted by Gasteiger charge is 2.41. The number of anilines is 1. The van der Waals surface area contributed by atoms with Gasteiger partial charge in [-0.2, -0.15) is 13.2 Å². The van der Waals surface area contributed by atoms with Crippen molar-refractivity contribution in [2.24, 2.45) is 7.05 Å². The molecule has 1 amide bonds. The van der Waals surface area contributed by atoms with Gasteiger partial charge < -0.3 is 9.67 Å². The Morgan fingerprint density at radius 2 is 1.90 bits per heavy atom. The molecule has 3 heterocycles. The van der Waals surface area contributed by atoms with E-state index in [1.165, 1.54) is 11.0 Å². The molecule has 1 aliphatic heterocycles. The maximum absolute atomic E-state index is 13.9. The molecule has 2 aliphatic rings. The lowest BCUT2D eigenvalue weighted by molar-refractivity contribution is -0.138. The Morgan fingerprint density at radius 3 is 2.54 bits per heavy atom. The molecule has 2 aromatic heterocycles. The fraction of sp³-hybridized carbons (Fsp3) is 0.250. The topological polar surface area (TPSA) is 88.5 Å². The molecule has 1 fully saturated rings. The highest BCUT2D eigenvalue weighted by Crippen LogP contribution is 2.44. The van der Waals surface area contributed by atoms with Crippen molar-refractivity contribution in [1.82, 2.24) is 19.7 Å². The van der Waals surface area contributed by atoms with E-state index in [0.29, 0.717) is 22.6 Å². The van der Waals surface area contributed by atoms with Crippen LogP contribution < -0.4 is 4.90 Å². The van der Waals surface area contributed by atoms with Crippen LogP contribution in [0.3, 0.4) is 0 Å². The summed E-state index contributed by atoms with van der Waals surface area (Å²) in [5, 5.41) is 17.7. The van der Waals surface area contributed by atoms with Gasteiger partial charge >= 0.3 is 6.18 Å². The largest absolute Gasteiger partial charge is 0.416 e. The number of hydrogen-bond donors (Lipinski definition) is 1. The third-order valence-corrected chi connectivity index (χ3v) is 7.09. The minimum absolute atomic E-state index is 0.0184. The van der Waals surface area contributed by atoms with Gasteiger partial charge in [-0.15, -0.1) is 10.2 Å². The lowest BCUT2D eigenvalue weighted by atomic mass is 9.97. The van der Waals surface area contributed by atoms with Crippen molar-refractivity contribution < 1.29 is 23.1 Å². The van der Waals surface area contributed by atoms with Crippen LogP contribution in [0.2, 0.25) is 0 Å². The summed E-state index contributed by atoms with van der Waals surface area (Å²) < 4.78 is 43.4. The molecule has 0 saturated heterocycles. The van der Waals surface area contributed by atoms with E-state index in [9.17, 15) is 23.1 Å². The molecule has 0 bridgehead atoms. The van der Waals surface area contributed by atoms with Crippen molar-refractivity contribution in [2.75, 3.05) is 4.90 Å². The van der Waals surface area contributed by atoms with E-state index >= 15 is 0 Å². The number of benzene rings is 2. The van der Waals surface area contributed by atoms with E-state index in [-0.39, 0.29) is 35.0 Å². The van der Waals surface area contributed by atoms with E-state index in [1.807, 2.05) is 6.07 Å². The molecule has 0 unspecified atom stereocenters. The lowest BCUT2D eigenvalue weighted by Gasteiger charge is -2.19. The van der Waals surface area contributed by atoms with Gasteiger partial charge in [0.1, 0.15) is 12.1 Å². The van der Waals surface area contributed by atoms with Crippen LogP contribution in [-0.4, -0.2) is 30.8 Å². The highest BCUT2D eigenvalue weighted by atomic mass is 19.4. The average molecular weight is 531 g/mol. The zero-order chi connectivity index (χ0) is 27.5. The van der Waals surface area contributed by atoms with Crippen molar-refractivity contribution in [3.63, 3.8) is 0 Å². The summed E-state index contributed by atoms with van der Waals surface area (Å²) in [5.41, 5.74) is 2.11. The summed E-state index contributed by atoms with van der Waals surface area (Å²) in [5.74, 6) is 0.371. The minimum Gasteiger partial charge on any atom is -0.392 e. The zero-order valence-corrected chi connectivity index (χ0v) is 20.7. The Hall–Kier alpha value is -4.56. The van der Waals surface area contributed by atoms with E-state index in [1.54, 1.807) is 42.2 Å². The van der Waals surface area contributed by atoms with Crippen LogP contribution in [0.25, 0.3) is 27.4 Å². The van der Waals surface area contributed by atoms with Gasteiger partial charge in [0.2, 0.25) is 0 Å². The van der Waals surface area contributed by atoms with Crippen LogP contribution in [-0.2, 0) is 26.4 Å². The molecule has 11 heteroatoms. The molecule has 0 radical (unpaired) electrons. The number of rotatable bonds is 5. The van der Waals surface area contributed by atoms with Gasteiger partial charge in [0.25, 0.3) is 5.91 Å². The molecule has 6 rings (SSSR count). The molecule has 0 spiro atoms. The Balaban J connectivity index is 1.50. The van der Waals surface area contributed by atoms with Crippen molar-refractivity contribution >= 4 is 17.4 Å². The zero-order valence-electron chi connectivity index (χ0n) is 20.7. The first kappa shape index (κ1) is 24.8. The predicted molar refractivity (Wildman–Crippen MR) is 136 cm³/mol. The minimum atomic E-state index is -4.68. The average Bonchev–Trinajstić information content (AvgIpc) is 3.61. The Kier molecular flexibility index (Phi) is 5.73. The van der Waals surface area contributed by atoms with E-state index < -0.39 is 24.3 Å². The molecule has 4 aromatic rings. The van der Waals surface area contributed by atoms with Crippen LogP contribution in [0.1, 0.15) is 51.5 Å². The maximum Gasteiger partial charge on any atom is 0.416 e. The number of aromatic nitrogens is 4. The summed E-state index contributed by atoms with van der Waals surface area (Å²) in [6.45, 7) is 6.54. The molecule has 1 aliphatic carbocycles. The molecular weight excluding hydrogens is 509 g/mol. The fourth-order valence-electron chi connectivity index (χ4n) is 4.98. The summed E-state index contributed by atoms with van der Waals surface area (Å²) >= 11 is 0. The van der Waals surface area contributed by atoms with Crippen molar-refractivity contribution in [3.05, 3.63) is 88.2 Å². The molecule has 2 aromatic carbocycles. The van der Waals surface area contributed by atoms with Crippen molar-refractivity contribution in [3.8, 4) is 22.5 Å². The fourth-order valence-corrected chi connectivity index (χ4v) is 4.98. The number of alkyl halides is 3. The summed E-state index contributed by atoms with van der Waals surface area (Å²) in [6, 6.07) is 11.0. The molecule has 196 valence electrons. The van der Waals surface area contributed by atoms with Crippen LogP contribution in [0.4, 0.5) is 24.7 Å². The standard InChI is InChI=1S/C28H21F3N6O2/c1-32-18-5-6-19(20(11-18)26-35-33-14-36(26)2)17-9-24(16-3-4-16)34-25(10-17)37-12-22-21(27(37)39)7-15(13-38)8-23(22)28(29,30)31/h5-11,14,16,38H,3-4,12-13H2,2H3. The highest BCUT2D eigenvalue weighted by molar-refractivity contribution is 6.10. The van der Waals surface area contributed by atoms with Gasteiger partial charge in [0.05, 0.1) is 25.3 Å². The SMILES string of the molecule is [C-]#[N+]c1ccc(-c2cc(C3CC3)nc(N3Cc4c(cc(CO)cc4C(F)(F)F)C3=O)c2)c(-c2nncn2C)c1. The molecule has 8 nitrogen and oxygen atoms in total. The van der Waals surface area contributed by atoms with E-state index in [0.717, 1.165) is 30.2 Å². The van der Waals surface area contributed by atoms with Gasteiger partial charge in [-0.25, -0.2) is 9.83 Å². The van der Waals surface area contributed by atoms with Crippen LogP contribution in [0, 0.1) is 6.57 Å². The quantitative estimate of drug-likeness (QED) is 0.337. The van der Waals surface area contributed by atoms with Crippen molar-refractivity contribution in [1.29, 1.82) is 0 Å². The molecule has 0 atom stereocenters. The first-order chi connectivity index (χ1) is 18.7. The summed E-state index contributed by atoms with van der Waals surface area (Å²) in [4.78, 5) is 23.0. The smallest absolute Gasteiger partial charge is 0.392 e. The number of hydrogen-bond acceptors (Lipinski definition) is 5. The Labute approximate surface area is 221 Å². The molecule has 1 N–H and O–H groups in total. The number of pyridine rings is 1. The Morgan fingerprint density at radius 1 is 1.10 bits per heavy atom. The monoisotopic (exact) mass is 530 g/mol. The second-order valence-corrected chi connectivity index (χ2v) is 9.74. The Bertz CT molecular complexity index is 1680. The molecule has 1 saturated carbocycles. The number of halogens is 3. The first-order valence-corrected chi connectivity index (χ1v) is 12.2. The molecular formula is C28H21F3N6O2. The third kappa shape index (κ3) is 4.32. The maximum atomic E-state index is 13.9. The number of nitrogens with zero attached hydrogens (tertiary/aromatic N) is 6. The number of fused-ring (bicyclic) bond motifs is 1. The van der Waals surface area contributed by atoms with Gasteiger partial charge in [-0.1, -0.05) is 12.1 Å². The third-order valence-electron chi connectivity index (χ3n) is 7.09. The van der Waals surface area contributed by atoms with Crippen LogP contribution >= 0.6 is 0 Å². The predicted octanol–water partition coefficient (Wildman–Crippen LogP) is 5.64. The van der Waals surface area contributed by atoms with Crippen LogP contribution in [0.5, 0.6) is 0 Å². The first-order valence-electron chi connectivity index (χ1n) is 12.2. The van der Waals surface area contributed by atoms with Crippen LogP contribution in [0.15, 0.2) is 48.8 Å². The number of aliphatic hydroxyl groups is 1. The van der Waals surface area contributed by atoms with Gasteiger partial charge in [0, 0.05) is 29.8 Å². The second-order valence-electron chi connectivity index (χ2n) is 9.74. The summed E-state index contributed by atoms with van der Waals surface area (Å²) in [7, 11) is 1.79. The second kappa shape index (κ2) is 9.03. The normalized spacial score (nSPS) is 15.0. The number of carbonyl (C=O) groups is 1. The van der Waals surface area contributed by atoms with Gasteiger partial charge in [-0.05, 0) is 65.4 Å².